The van der Waals surface area contributed by atoms with Crippen LogP contribution in [0.1, 0.15) is 46.0 Å². The van der Waals surface area contributed by atoms with Gasteiger partial charge in [0.05, 0.1) is 6.33 Å². The van der Waals surface area contributed by atoms with E-state index in [4.69, 9.17) is 0 Å². The number of unbranched alkanes of at least 4 members (excludes halogenated alkanes) is 3. The van der Waals surface area contributed by atoms with Crippen LogP contribution in [-0.4, -0.2) is 9.97 Å². The molecule has 0 fully saturated rings. The van der Waals surface area contributed by atoms with E-state index < -0.39 is 0 Å². The van der Waals surface area contributed by atoms with Crippen molar-refractivity contribution >= 4 is 0 Å². The van der Waals surface area contributed by atoms with E-state index in [0.717, 1.165) is 0 Å². The highest BCUT2D eigenvalue weighted by atomic mass is 14.8. The first-order valence-electron chi connectivity index (χ1n) is 5.49. The molecule has 1 rings (SSSR count). The van der Waals surface area contributed by atoms with E-state index >= 15 is 0 Å². The van der Waals surface area contributed by atoms with Gasteiger partial charge < -0.3 is 4.98 Å². The van der Waals surface area contributed by atoms with E-state index in [2.05, 4.69) is 36.0 Å². The molecular weight excluding hydrogens is 172 g/mol. The van der Waals surface area contributed by atoms with Crippen LogP contribution in [-0.2, 0) is 0 Å². The van der Waals surface area contributed by atoms with Crippen LogP contribution in [0.15, 0.2) is 30.9 Å². The van der Waals surface area contributed by atoms with Gasteiger partial charge in [0.2, 0.25) is 0 Å². The van der Waals surface area contributed by atoms with Crippen molar-refractivity contribution in [3.05, 3.63) is 30.9 Å². The second kappa shape index (κ2) is 11.9. The van der Waals surface area contributed by atoms with E-state index in [9.17, 15) is 0 Å². The molecule has 0 saturated heterocycles. The SMILES string of the molecule is CCCC=CCCCC.c1c[nH]cn1. The number of aromatic nitrogens is 2. The Morgan fingerprint density at radius 1 is 1.14 bits per heavy atom. The van der Waals surface area contributed by atoms with Crippen LogP contribution < -0.4 is 0 Å². The molecule has 0 spiro atoms. The average Bonchev–Trinajstić information content (AvgIpc) is 2.76. The van der Waals surface area contributed by atoms with Gasteiger partial charge in [-0.2, -0.15) is 0 Å². The minimum Gasteiger partial charge on any atom is -0.351 e. The quantitative estimate of drug-likeness (QED) is 0.558. The lowest BCUT2D eigenvalue weighted by Crippen LogP contribution is -1.66. The molecule has 0 aliphatic rings. The molecule has 0 saturated carbocycles. The molecule has 14 heavy (non-hydrogen) atoms. The van der Waals surface area contributed by atoms with Gasteiger partial charge in [0.25, 0.3) is 0 Å². The molecule has 0 radical (unpaired) electrons. The minimum absolute atomic E-state index is 1.25. The summed E-state index contributed by atoms with van der Waals surface area (Å²) in [5, 5.41) is 0. The number of hydrogen-bond donors (Lipinski definition) is 1. The molecule has 0 unspecified atom stereocenters. The van der Waals surface area contributed by atoms with Crippen molar-refractivity contribution in [3.8, 4) is 0 Å². The van der Waals surface area contributed by atoms with Crippen LogP contribution in [0, 0.1) is 0 Å². The van der Waals surface area contributed by atoms with Gasteiger partial charge in [0.1, 0.15) is 0 Å². The first kappa shape index (κ1) is 12.9. The van der Waals surface area contributed by atoms with Crippen LogP contribution in [0.25, 0.3) is 0 Å². The van der Waals surface area contributed by atoms with Gasteiger partial charge in [-0.25, -0.2) is 4.98 Å². The van der Waals surface area contributed by atoms with Gasteiger partial charge in [0, 0.05) is 12.4 Å². The fraction of sp³-hybridized carbons (Fsp3) is 0.583. The van der Waals surface area contributed by atoms with E-state index in [1.54, 1.807) is 18.7 Å². The molecule has 1 aromatic heterocycles. The molecule has 1 N–H and O–H groups in total. The number of H-pyrrole nitrogens is 1. The summed E-state index contributed by atoms with van der Waals surface area (Å²) in [5.74, 6) is 0. The highest BCUT2D eigenvalue weighted by Gasteiger charge is 1.76. The average molecular weight is 194 g/mol. The van der Waals surface area contributed by atoms with E-state index in [-0.39, 0.29) is 0 Å². The summed E-state index contributed by atoms with van der Waals surface area (Å²) in [5.41, 5.74) is 0. The lowest BCUT2D eigenvalue weighted by atomic mass is 10.2. The van der Waals surface area contributed by atoms with Crippen molar-refractivity contribution in [1.29, 1.82) is 0 Å². The van der Waals surface area contributed by atoms with Gasteiger partial charge in [-0.1, -0.05) is 45.3 Å². The van der Waals surface area contributed by atoms with E-state index in [0.29, 0.717) is 0 Å². The van der Waals surface area contributed by atoms with Crippen molar-refractivity contribution in [2.24, 2.45) is 0 Å². The maximum atomic E-state index is 3.67. The van der Waals surface area contributed by atoms with Crippen molar-refractivity contribution in [2.75, 3.05) is 0 Å². The van der Waals surface area contributed by atoms with Gasteiger partial charge in [-0.05, 0) is 12.8 Å². The molecule has 1 aromatic rings. The normalized spacial score (nSPS) is 9.86. The second-order valence-corrected chi connectivity index (χ2v) is 3.16. The lowest BCUT2D eigenvalue weighted by molar-refractivity contribution is 0.810. The molecule has 2 heteroatoms. The predicted octanol–water partition coefficient (Wildman–Crippen LogP) is 3.94. The van der Waals surface area contributed by atoms with Crippen LogP contribution >= 0.6 is 0 Å². The highest BCUT2D eigenvalue weighted by Crippen LogP contribution is 1.96. The van der Waals surface area contributed by atoms with Crippen molar-refractivity contribution in [3.63, 3.8) is 0 Å². The summed E-state index contributed by atoms with van der Waals surface area (Å²) in [6.45, 7) is 4.44. The van der Waals surface area contributed by atoms with E-state index in [1.807, 2.05) is 0 Å². The predicted molar refractivity (Wildman–Crippen MR) is 62.2 cm³/mol. The van der Waals surface area contributed by atoms with Crippen LogP contribution in [0.4, 0.5) is 0 Å². The Balaban J connectivity index is 0.000000280. The molecule has 2 nitrogen and oxygen atoms in total. The summed E-state index contributed by atoms with van der Waals surface area (Å²) in [6, 6.07) is 0. The molecule has 0 aromatic carbocycles. The zero-order chi connectivity index (χ0) is 10.5. The topological polar surface area (TPSA) is 28.7 Å². The molecule has 80 valence electrons. The third-order valence-electron chi connectivity index (χ3n) is 1.75. The molecule has 1 heterocycles. The molecule has 0 amide bonds. The van der Waals surface area contributed by atoms with Gasteiger partial charge in [-0.15, -0.1) is 0 Å². The lowest BCUT2D eigenvalue weighted by Gasteiger charge is -1.87. The molecule has 0 aliphatic carbocycles. The minimum atomic E-state index is 1.25. The summed E-state index contributed by atoms with van der Waals surface area (Å²) in [7, 11) is 0. The largest absolute Gasteiger partial charge is 0.351 e. The smallest absolute Gasteiger partial charge is 0.0919 e. The third-order valence-corrected chi connectivity index (χ3v) is 1.75. The Kier molecular flexibility index (Phi) is 11.1. The molecular formula is C12H22N2. The number of allylic oxidation sites excluding steroid dienone is 2. The summed E-state index contributed by atoms with van der Waals surface area (Å²) < 4.78 is 0. The Labute approximate surface area is 87.5 Å². The third kappa shape index (κ3) is 11.0. The summed E-state index contributed by atoms with van der Waals surface area (Å²) in [6.07, 6.45) is 16.1. The number of aromatic amines is 1. The van der Waals surface area contributed by atoms with Crippen LogP contribution in [0.2, 0.25) is 0 Å². The zero-order valence-electron chi connectivity index (χ0n) is 9.37. The number of imidazole rings is 1. The Bertz CT molecular complexity index is 173. The maximum absolute atomic E-state index is 3.67. The molecule has 0 aliphatic heterocycles. The Morgan fingerprint density at radius 2 is 1.93 bits per heavy atom. The van der Waals surface area contributed by atoms with Gasteiger partial charge in [0.15, 0.2) is 0 Å². The Morgan fingerprint density at radius 3 is 2.36 bits per heavy atom. The second-order valence-electron chi connectivity index (χ2n) is 3.16. The maximum Gasteiger partial charge on any atom is 0.0919 e. The molecule has 0 atom stereocenters. The first-order chi connectivity index (χ1) is 6.91. The summed E-state index contributed by atoms with van der Waals surface area (Å²) >= 11 is 0. The highest BCUT2D eigenvalue weighted by molar-refractivity contribution is 4.80. The van der Waals surface area contributed by atoms with Gasteiger partial charge >= 0.3 is 0 Å². The van der Waals surface area contributed by atoms with E-state index in [1.165, 1.54) is 32.1 Å². The number of nitrogens with one attached hydrogen (secondary N) is 1. The van der Waals surface area contributed by atoms with Gasteiger partial charge in [-0.3, -0.25) is 0 Å². The molecule has 0 bridgehead atoms. The van der Waals surface area contributed by atoms with Crippen molar-refractivity contribution in [2.45, 2.75) is 46.0 Å². The standard InChI is InChI=1S/C9H18.C3H4N2/c1-3-5-7-9-8-6-4-2;1-2-5-3-4-1/h7,9H,3-6,8H2,1-2H3;1-3H,(H,4,5). The number of rotatable bonds is 5. The monoisotopic (exact) mass is 194 g/mol. The summed E-state index contributed by atoms with van der Waals surface area (Å²) in [4.78, 5) is 6.42. The number of nitrogens with zero attached hydrogens (tertiary/aromatic N) is 1. The van der Waals surface area contributed by atoms with Crippen LogP contribution in [0.3, 0.4) is 0 Å². The fourth-order valence-corrected chi connectivity index (χ4v) is 0.940. The van der Waals surface area contributed by atoms with Crippen molar-refractivity contribution in [1.82, 2.24) is 9.97 Å². The number of hydrogen-bond acceptors (Lipinski definition) is 1. The fourth-order valence-electron chi connectivity index (χ4n) is 0.940. The van der Waals surface area contributed by atoms with Crippen LogP contribution in [0.5, 0.6) is 0 Å². The zero-order valence-corrected chi connectivity index (χ0v) is 9.37. The first-order valence-corrected chi connectivity index (χ1v) is 5.49. The Hall–Kier alpha value is -1.05. The van der Waals surface area contributed by atoms with Crippen molar-refractivity contribution < 1.29 is 0 Å².